The summed E-state index contributed by atoms with van der Waals surface area (Å²) >= 11 is 1.56. The minimum atomic E-state index is -0.0582. The molecule has 0 aliphatic carbocycles. The van der Waals surface area contributed by atoms with Gasteiger partial charge in [0.15, 0.2) is 0 Å². The maximum atomic E-state index is 12.2. The number of fused-ring (bicyclic) bond motifs is 1. The molecular weight excluding hydrogens is 358 g/mol. The summed E-state index contributed by atoms with van der Waals surface area (Å²) < 4.78 is 5.13. The SMILES string of the molecule is COc1ccc(CC(=O)Nc2ccc(-c3nc4cccnc4s3)cc2)cc1. The highest BCUT2D eigenvalue weighted by molar-refractivity contribution is 7.21. The molecule has 2 aromatic carbocycles. The number of carbonyl (C=O) groups is 1. The van der Waals surface area contributed by atoms with E-state index in [1.165, 1.54) is 0 Å². The number of carbonyl (C=O) groups excluding carboxylic acids is 1. The summed E-state index contributed by atoms with van der Waals surface area (Å²) in [7, 11) is 1.62. The smallest absolute Gasteiger partial charge is 0.228 e. The van der Waals surface area contributed by atoms with E-state index in [2.05, 4.69) is 15.3 Å². The molecule has 134 valence electrons. The number of rotatable bonds is 5. The summed E-state index contributed by atoms with van der Waals surface area (Å²) in [5, 5.41) is 3.84. The zero-order chi connectivity index (χ0) is 18.6. The third-order valence-corrected chi connectivity index (χ3v) is 5.13. The molecule has 2 heterocycles. The van der Waals surface area contributed by atoms with Crippen LogP contribution in [0.15, 0.2) is 66.9 Å². The van der Waals surface area contributed by atoms with Crippen LogP contribution in [0.25, 0.3) is 20.9 Å². The number of pyridine rings is 1. The Morgan fingerprint density at radius 2 is 1.85 bits per heavy atom. The molecule has 0 atom stereocenters. The number of hydrogen-bond acceptors (Lipinski definition) is 5. The second-order valence-corrected chi connectivity index (χ2v) is 6.97. The lowest BCUT2D eigenvalue weighted by Crippen LogP contribution is -2.14. The predicted octanol–water partition coefficient (Wildman–Crippen LogP) is 4.55. The summed E-state index contributed by atoms with van der Waals surface area (Å²) in [6.07, 6.45) is 2.08. The molecule has 1 N–H and O–H groups in total. The first kappa shape index (κ1) is 17.2. The van der Waals surface area contributed by atoms with Gasteiger partial charge in [-0.05, 0) is 54.1 Å². The second kappa shape index (κ2) is 7.55. The van der Waals surface area contributed by atoms with E-state index >= 15 is 0 Å². The van der Waals surface area contributed by atoms with Gasteiger partial charge >= 0.3 is 0 Å². The Bertz CT molecular complexity index is 1040. The van der Waals surface area contributed by atoms with Crippen molar-refractivity contribution in [2.45, 2.75) is 6.42 Å². The fourth-order valence-electron chi connectivity index (χ4n) is 2.72. The fraction of sp³-hybridized carbons (Fsp3) is 0.0952. The van der Waals surface area contributed by atoms with E-state index in [0.717, 1.165) is 37.9 Å². The van der Waals surface area contributed by atoms with Gasteiger partial charge in [0, 0.05) is 17.4 Å². The minimum absolute atomic E-state index is 0.0582. The van der Waals surface area contributed by atoms with E-state index in [1.807, 2.05) is 60.7 Å². The van der Waals surface area contributed by atoms with Gasteiger partial charge < -0.3 is 10.1 Å². The lowest BCUT2D eigenvalue weighted by molar-refractivity contribution is -0.115. The molecule has 0 bridgehead atoms. The van der Waals surface area contributed by atoms with Crippen LogP contribution in [0.1, 0.15) is 5.56 Å². The number of methoxy groups -OCH3 is 1. The molecule has 5 nitrogen and oxygen atoms in total. The topological polar surface area (TPSA) is 64.1 Å². The van der Waals surface area contributed by atoms with Crippen molar-refractivity contribution in [2.24, 2.45) is 0 Å². The number of nitrogens with zero attached hydrogens (tertiary/aromatic N) is 2. The maximum Gasteiger partial charge on any atom is 0.228 e. The number of hydrogen-bond donors (Lipinski definition) is 1. The standard InChI is InChI=1S/C21H17N3O2S/c1-26-17-10-4-14(5-11-17)13-19(25)23-16-8-6-15(7-9-16)20-24-18-3-2-12-22-21(18)27-20/h2-12H,13H2,1H3,(H,23,25). The van der Waals surface area contributed by atoms with Gasteiger partial charge in [0.05, 0.1) is 13.5 Å². The minimum Gasteiger partial charge on any atom is -0.497 e. The molecule has 0 saturated carbocycles. The lowest BCUT2D eigenvalue weighted by Gasteiger charge is -2.07. The lowest BCUT2D eigenvalue weighted by atomic mass is 10.1. The zero-order valence-electron chi connectivity index (χ0n) is 14.7. The van der Waals surface area contributed by atoms with Crippen molar-refractivity contribution in [1.29, 1.82) is 0 Å². The van der Waals surface area contributed by atoms with Gasteiger partial charge in [-0.3, -0.25) is 4.79 Å². The highest BCUT2D eigenvalue weighted by Crippen LogP contribution is 2.29. The Hall–Kier alpha value is -3.25. The molecule has 6 heteroatoms. The van der Waals surface area contributed by atoms with Crippen molar-refractivity contribution in [3.63, 3.8) is 0 Å². The number of ether oxygens (including phenoxy) is 1. The van der Waals surface area contributed by atoms with Crippen molar-refractivity contribution < 1.29 is 9.53 Å². The van der Waals surface area contributed by atoms with Crippen LogP contribution in [-0.4, -0.2) is 23.0 Å². The molecule has 0 aliphatic rings. The Balaban J connectivity index is 1.43. The Kier molecular flexibility index (Phi) is 4.80. The second-order valence-electron chi connectivity index (χ2n) is 6.00. The van der Waals surface area contributed by atoms with Gasteiger partial charge in [0.1, 0.15) is 21.1 Å². The van der Waals surface area contributed by atoms with Crippen LogP contribution in [0.2, 0.25) is 0 Å². The first-order valence-electron chi connectivity index (χ1n) is 8.46. The first-order valence-corrected chi connectivity index (χ1v) is 9.28. The molecule has 1 amide bonds. The van der Waals surface area contributed by atoms with Gasteiger partial charge in [-0.1, -0.05) is 23.5 Å². The van der Waals surface area contributed by atoms with Crippen molar-refractivity contribution in [1.82, 2.24) is 9.97 Å². The van der Waals surface area contributed by atoms with Gasteiger partial charge in [-0.25, -0.2) is 9.97 Å². The molecule has 2 aromatic heterocycles. The zero-order valence-corrected chi connectivity index (χ0v) is 15.5. The molecule has 0 radical (unpaired) electrons. The third kappa shape index (κ3) is 3.96. The molecule has 0 unspecified atom stereocenters. The van der Waals surface area contributed by atoms with E-state index < -0.39 is 0 Å². The molecule has 4 rings (SSSR count). The van der Waals surface area contributed by atoms with Crippen LogP contribution in [0.3, 0.4) is 0 Å². The van der Waals surface area contributed by atoms with Crippen molar-refractivity contribution in [3.05, 3.63) is 72.4 Å². The van der Waals surface area contributed by atoms with Crippen LogP contribution in [0, 0.1) is 0 Å². The van der Waals surface area contributed by atoms with Crippen molar-refractivity contribution in [2.75, 3.05) is 12.4 Å². The number of aromatic nitrogens is 2. The van der Waals surface area contributed by atoms with Crippen LogP contribution in [-0.2, 0) is 11.2 Å². The average Bonchev–Trinajstić information content (AvgIpc) is 3.13. The van der Waals surface area contributed by atoms with E-state index in [-0.39, 0.29) is 5.91 Å². The van der Waals surface area contributed by atoms with Crippen LogP contribution < -0.4 is 10.1 Å². The highest BCUT2D eigenvalue weighted by Gasteiger charge is 2.08. The first-order chi connectivity index (χ1) is 13.2. The Labute approximate surface area is 160 Å². The maximum absolute atomic E-state index is 12.2. The van der Waals surface area contributed by atoms with E-state index in [9.17, 15) is 4.79 Å². The highest BCUT2D eigenvalue weighted by atomic mass is 32.1. The number of benzene rings is 2. The molecule has 0 spiro atoms. The number of anilines is 1. The summed E-state index contributed by atoms with van der Waals surface area (Å²) in [4.78, 5) is 22.1. The van der Waals surface area contributed by atoms with E-state index in [0.29, 0.717) is 6.42 Å². The average molecular weight is 375 g/mol. The van der Waals surface area contributed by atoms with E-state index in [1.54, 1.807) is 24.6 Å². The molecule has 4 aromatic rings. The van der Waals surface area contributed by atoms with Gasteiger partial charge in [-0.15, -0.1) is 0 Å². The van der Waals surface area contributed by atoms with Crippen molar-refractivity contribution in [3.8, 4) is 16.3 Å². The van der Waals surface area contributed by atoms with Crippen LogP contribution in [0.5, 0.6) is 5.75 Å². The van der Waals surface area contributed by atoms with Gasteiger partial charge in [-0.2, -0.15) is 0 Å². The Morgan fingerprint density at radius 1 is 1.07 bits per heavy atom. The molecule has 0 aliphatic heterocycles. The number of thiazole rings is 1. The molecule has 0 fully saturated rings. The third-order valence-electron chi connectivity index (χ3n) is 4.11. The van der Waals surface area contributed by atoms with Crippen molar-refractivity contribution >= 4 is 33.3 Å². The summed E-state index contributed by atoms with van der Waals surface area (Å²) in [5.74, 6) is 0.719. The van der Waals surface area contributed by atoms with Crippen LogP contribution >= 0.6 is 11.3 Å². The summed E-state index contributed by atoms with van der Waals surface area (Å²) in [5.41, 5.74) is 3.60. The molecule has 27 heavy (non-hydrogen) atoms. The predicted molar refractivity (Wildman–Crippen MR) is 108 cm³/mol. The van der Waals surface area contributed by atoms with Gasteiger partial charge in [0.25, 0.3) is 0 Å². The largest absolute Gasteiger partial charge is 0.497 e. The summed E-state index contributed by atoms with van der Waals surface area (Å²) in [6, 6.07) is 19.0. The van der Waals surface area contributed by atoms with Gasteiger partial charge in [0.2, 0.25) is 5.91 Å². The summed E-state index contributed by atoms with van der Waals surface area (Å²) in [6.45, 7) is 0. The normalized spacial score (nSPS) is 10.7. The quantitative estimate of drug-likeness (QED) is 0.556. The Morgan fingerprint density at radius 3 is 2.56 bits per heavy atom. The molecular formula is C21H17N3O2S. The number of nitrogens with one attached hydrogen (secondary N) is 1. The monoisotopic (exact) mass is 375 g/mol. The molecule has 0 saturated heterocycles. The fourth-order valence-corrected chi connectivity index (χ4v) is 3.64. The van der Waals surface area contributed by atoms with E-state index in [4.69, 9.17) is 4.74 Å². The van der Waals surface area contributed by atoms with Crippen LogP contribution in [0.4, 0.5) is 5.69 Å². The number of amides is 1.